The van der Waals surface area contributed by atoms with Gasteiger partial charge in [-0.1, -0.05) is 27.7 Å². The molecule has 11 heteroatoms. The number of carbonyl (C=O) groups is 2. The largest absolute Gasteiger partial charge is 0.451 e. The third kappa shape index (κ3) is 4.83. The van der Waals surface area contributed by atoms with Crippen molar-refractivity contribution in [3.8, 4) is 0 Å². The van der Waals surface area contributed by atoms with Crippen LogP contribution in [0.5, 0.6) is 0 Å². The molecule has 8 nitrogen and oxygen atoms in total. The third-order valence-corrected chi connectivity index (χ3v) is 5.75. The zero-order valence-corrected chi connectivity index (χ0v) is 16.8. The van der Waals surface area contributed by atoms with E-state index in [9.17, 15) is 18.8 Å². The molecule has 1 aliphatic rings. The summed E-state index contributed by atoms with van der Waals surface area (Å²) in [6.45, 7) is 4.26. The Hall–Kier alpha value is -1.46. The molecule has 0 aromatic carbocycles. The van der Waals surface area contributed by atoms with Gasteiger partial charge in [0.1, 0.15) is 0 Å². The van der Waals surface area contributed by atoms with Crippen molar-refractivity contribution in [2.24, 2.45) is 0 Å². The van der Waals surface area contributed by atoms with Crippen LogP contribution in [0.15, 0.2) is 11.0 Å². The summed E-state index contributed by atoms with van der Waals surface area (Å²) in [5.41, 5.74) is 3.31. The first-order valence-corrected chi connectivity index (χ1v) is 9.62. The molecule has 1 aromatic heterocycles. The van der Waals surface area contributed by atoms with Gasteiger partial charge in [0.2, 0.25) is 5.12 Å². The van der Waals surface area contributed by atoms with Crippen molar-refractivity contribution in [3.63, 3.8) is 0 Å². The predicted molar refractivity (Wildman–Crippen MR) is 97.4 cm³/mol. The number of carbonyl (C=O) groups excluding carboxylic acids is 2. The first-order valence-electron chi connectivity index (χ1n) is 7.71. The SMILES string of the molecule is CC(=O)OC(C)(C)C(=O)SCC1CC(Br)C(n2cc(F)c(N)nc2=O)O1. The number of hydrogen-bond acceptors (Lipinski definition) is 8. The summed E-state index contributed by atoms with van der Waals surface area (Å²) >= 11 is 4.38. The minimum atomic E-state index is -1.25. The molecule has 2 heterocycles. The fourth-order valence-electron chi connectivity index (χ4n) is 2.44. The van der Waals surface area contributed by atoms with Crippen molar-refractivity contribution < 1.29 is 23.5 Å². The van der Waals surface area contributed by atoms with E-state index in [1.54, 1.807) is 0 Å². The zero-order chi connectivity index (χ0) is 19.6. The van der Waals surface area contributed by atoms with Crippen LogP contribution >= 0.6 is 27.7 Å². The Kier molecular flexibility index (Phi) is 6.46. The van der Waals surface area contributed by atoms with Gasteiger partial charge >= 0.3 is 11.7 Å². The molecule has 0 spiro atoms. The van der Waals surface area contributed by atoms with Crippen molar-refractivity contribution in [2.45, 2.75) is 50.0 Å². The Morgan fingerprint density at radius 2 is 2.23 bits per heavy atom. The predicted octanol–water partition coefficient (Wildman–Crippen LogP) is 1.62. The maximum atomic E-state index is 13.6. The van der Waals surface area contributed by atoms with Gasteiger partial charge < -0.3 is 15.2 Å². The number of aromatic nitrogens is 2. The number of nitrogens with zero attached hydrogens (tertiary/aromatic N) is 2. The highest BCUT2D eigenvalue weighted by Crippen LogP contribution is 2.35. The summed E-state index contributed by atoms with van der Waals surface area (Å²) in [5, 5.41) is -0.316. The van der Waals surface area contributed by atoms with Gasteiger partial charge in [0.25, 0.3) is 0 Å². The van der Waals surface area contributed by atoms with Crippen LogP contribution in [-0.4, -0.2) is 42.9 Å². The number of ether oxygens (including phenoxy) is 2. The van der Waals surface area contributed by atoms with E-state index in [0.717, 1.165) is 22.5 Å². The lowest BCUT2D eigenvalue weighted by Gasteiger charge is -2.22. The molecule has 0 amide bonds. The summed E-state index contributed by atoms with van der Waals surface area (Å²) in [4.78, 5) is 38.3. The normalized spacial score (nSPS) is 23.0. The van der Waals surface area contributed by atoms with Gasteiger partial charge in [0.05, 0.1) is 17.1 Å². The summed E-state index contributed by atoms with van der Waals surface area (Å²) < 4.78 is 25.4. The van der Waals surface area contributed by atoms with Gasteiger partial charge in [0.15, 0.2) is 23.5 Å². The van der Waals surface area contributed by atoms with Crippen molar-refractivity contribution >= 4 is 44.6 Å². The average molecular weight is 452 g/mol. The van der Waals surface area contributed by atoms with Gasteiger partial charge in [-0.3, -0.25) is 14.2 Å². The Balaban J connectivity index is 2.01. The average Bonchev–Trinajstić information content (AvgIpc) is 2.88. The molecular weight excluding hydrogens is 433 g/mol. The monoisotopic (exact) mass is 451 g/mol. The molecule has 0 saturated carbocycles. The van der Waals surface area contributed by atoms with Crippen LogP contribution in [0.1, 0.15) is 33.4 Å². The number of esters is 1. The summed E-state index contributed by atoms with van der Waals surface area (Å²) in [7, 11) is 0. The summed E-state index contributed by atoms with van der Waals surface area (Å²) in [6, 6.07) is 0. The van der Waals surface area contributed by atoms with E-state index >= 15 is 0 Å². The second-order valence-corrected chi connectivity index (χ2v) is 8.44. The fourth-order valence-corrected chi connectivity index (χ4v) is 4.17. The molecule has 3 unspecified atom stereocenters. The van der Waals surface area contributed by atoms with Gasteiger partial charge in [-0.2, -0.15) is 4.98 Å². The Bertz CT molecular complexity index is 772. The van der Waals surface area contributed by atoms with Gasteiger partial charge in [-0.15, -0.1) is 0 Å². The number of anilines is 1. The maximum Gasteiger partial charge on any atom is 0.351 e. The Morgan fingerprint density at radius 1 is 1.58 bits per heavy atom. The number of rotatable bonds is 5. The highest BCUT2D eigenvalue weighted by molar-refractivity contribution is 9.09. The lowest BCUT2D eigenvalue weighted by atomic mass is 10.2. The van der Waals surface area contributed by atoms with Gasteiger partial charge in [-0.25, -0.2) is 9.18 Å². The smallest absolute Gasteiger partial charge is 0.351 e. The molecule has 1 fully saturated rings. The number of thioether (sulfide) groups is 1. The second-order valence-electron chi connectivity index (χ2n) is 6.27. The Labute approximate surface area is 161 Å². The van der Waals surface area contributed by atoms with E-state index in [-0.39, 0.29) is 16.0 Å². The number of nitrogen functional groups attached to an aromatic ring is 1. The standard InChI is InChI=1S/C15H19BrFN3O5S/c1-7(21)25-15(2,3)13(22)26-6-8-4-9(16)12(24-8)20-5-10(17)11(18)19-14(20)23/h5,8-9,12H,4,6H2,1-3H3,(H2,18,19,23). The Morgan fingerprint density at radius 3 is 2.85 bits per heavy atom. The van der Waals surface area contributed by atoms with Crippen LogP contribution in [0.2, 0.25) is 0 Å². The quantitative estimate of drug-likeness (QED) is 0.530. The van der Waals surface area contributed by atoms with Crippen LogP contribution in [0.3, 0.4) is 0 Å². The fraction of sp³-hybridized carbons (Fsp3) is 0.600. The molecule has 3 atom stereocenters. The van der Waals surface area contributed by atoms with Crippen molar-refractivity contribution in [1.82, 2.24) is 9.55 Å². The van der Waals surface area contributed by atoms with Crippen LogP contribution < -0.4 is 11.4 Å². The molecule has 2 N–H and O–H groups in total. The van der Waals surface area contributed by atoms with Crippen molar-refractivity contribution in [1.29, 1.82) is 0 Å². The van der Waals surface area contributed by atoms with E-state index in [1.807, 2.05) is 0 Å². The van der Waals surface area contributed by atoms with E-state index in [4.69, 9.17) is 15.2 Å². The zero-order valence-electron chi connectivity index (χ0n) is 14.4. The molecule has 1 saturated heterocycles. The van der Waals surface area contributed by atoms with E-state index in [2.05, 4.69) is 20.9 Å². The van der Waals surface area contributed by atoms with Crippen LogP contribution in [0.25, 0.3) is 0 Å². The molecule has 0 aliphatic carbocycles. The molecule has 26 heavy (non-hydrogen) atoms. The highest BCUT2D eigenvalue weighted by Gasteiger charge is 2.38. The highest BCUT2D eigenvalue weighted by atomic mass is 79.9. The lowest BCUT2D eigenvalue weighted by molar-refractivity contribution is -0.158. The minimum absolute atomic E-state index is 0.271. The first-order chi connectivity index (χ1) is 12.0. The second kappa shape index (κ2) is 8.05. The van der Waals surface area contributed by atoms with E-state index in [0.29, 0.717) is 12.2 Å². The summed E-state index contributed by atoms with van der Waals surface area (Å²) in [6.07, 6.45) is 0.317. The van der Waals surface area contributed by atoms with Crippen LogP contribution in [-0.2, 0) is 19.1 Å². The number of halogens is 2. The molecule has 1 aromatic rings. The molecule has 144 valence electrons. The van der Waals surface area contributed by atoms with E-state index < -0.39 is 35.1 Å². The molecule has 2 rings (SSSR count). The maximum absolute atomic E-state index is 13.6. The number of nitrogens with two attached hydrogens (primary N) is 1. The van der Waals surface area contributed by atoms with Crippen molar-refractivity contribution in [2.75, 3.05) is 11.5 Å². The first kappa shape index (κ1) is 20.8. The van der Waals surface area contributed by atoms with Gasteiger partial charge in [-0.05, 0) is 20.3 Å². The van der Waals surface area contributed by atoms with Crippen molar-refractivity contribution in [3.05, 3.63) is 22.5 Å². The molecule has 0 bridgehead atoms. The number of alkyl halides is 1. The number of hydrogen-bond donors (Lipinski definition) is 1. The van der Waals surface area contributed by atoms with Crippen LogP contribution in [0, 0.1) is 5.82 Å². The minimum Gasteiger partial charge on any atom is -0.451 e. The molecular formula is C15H19BrFN3O5S. The molecule has 0 radical (unpaired) electrons. The molecule has 1 aliphatic heterocycles. The van der Waals surface area contributed by atoms with Crippen LogP contribution in [0.4, 0.5) is 10.2 Å². The topological polar surface area (TPSA) is 114 Å². The third-order valence-electron chi connectivity index (χ3n) is 3.63. The van der Waals surface area contributed by atoms with E-state index in [1.165, 1.54) is 20.8 Å². The summed E-state index contributed by atoms with van der Waals surface area (Å²) in [5.74, 6) is -1.54. The lowest BCUT2D eigenvalue weighted by Crippen LogP contribution is -2.35. The van der Waals surface area contributed by atoms with Gasteiger partial charge in [0, 0.05) is 12.7 Å².